The van der Waals surface area contributed by atoms with Crippen molar-refractivity contribution < 1.29 is 4.79 Å². The molecule has 2 unspecified atom stereocenters. The van der Waals surface area contributed by atoms with Crippen LogP contribution in [0.3, 0.4) is 0 Å². The molecule has 1 amide bonds. The summed E-state index contributed by atoms with van der Waals surface area (Å²) in [6, 6.07) is 11.2. The summed E-state index contributed by atoms with van der Waals surface area (Å²) in [5.74, 6) is 0.561. The van der Waals surface area contributed by atoms with Crippen molar-refractivity contribution in [2.45, 2.75) is 38.8 Å². The van der Waals surface area contributed by atoms with Gasteiger partial charge in [-0.15, -0.1) is 24.8 Å². The van der Waals surface area contributed by atoms with E-state index in [4.69, 9.17) is 0 Å². The van der Waals surface area contributed by atoms with Crippen LogP contribution in [-0.4, -0.2) is 54.5 Å². The molecule has 0 aromatic heterocycles. The van der Waals surface area contributed by atoms with E-state index in [-0.39, 0.29) is 30.7 Å². The average Bonchev–Trinajstić information content (AvgIpc) is 2.78. The molecule has 1 aromatic rings. The summed E-state index contributed by atoms with van der Waals surface area (Å²) >= 11 is 0. The summed E-state index contributed by atoms with van der Waals surface area (Å²) in [6.07, 6.45) is 3.24. The Labute approximate surface area is 164 Å². The standard InChI is InChI=1S/C19H29N3O.2ClH/c1-16-9-11-21(19(23)18-8-5-10-20-14-18)12-13-22(16)15-17-6-3-2-4-7-17;;/h2-4,6-7,16,18,20H,5,8-15H2,1H3;2*1H. The van der Waals surface area contributed by atoms with E-state index >= 15 is 0 Å². The van der Waals surface area contributed by atoms with Crippen LogP contribution in [-0.2, 0) is 11.3 Å². The number of amides is 1. The van der Waals surface area contributed by atoms with Crippen molar-refractivity contribution in [2.75, 3.05) is 32.7 Å². The second-order valence-electron chi connectivity index (χ2n) is 6.96. The molecule has 0 bridgehead atoms. The van der Waals surface area contributed by atoms with Crippen LogP contribution in [0.4, 0.5) is 0 Å². The maximum absolute atomic E-state index is 12.7. The lowest BCUT2D eigenvalue weighted by molar-refractivity contribution is -0.135. The van der Waals surface area contributed by atoms with E-state index in [1.54, 1.807) is 0 Å². The number of hydrogen-bond donors (Lipinski definition) is 1. The normalized spacial score (nSPS) is 24.6. The molecule has 0 saturated carbocycles. The molecule has 1 N–H and O–H groups in total. The first kappa shape index (κ1) is 22.2. The number of hydrogen-bond acceptors (Lipinski definition) is 3. The van der Waals surface area contributed by atoms with E-state index in [0.29, 0.717) is 11.9 Å². The lowest BCUT2D eigenvalue weighted by Gasteiger charge is -2.29. The zero-order chi connectivity index (χ0) is 16.1. The van der Waals surface area contributed by atoms with Gasteiger partial charge in [0.05, 0.1) is 5.92 Å². The predicted octanol–water partition coefficient (Wildman–Crippen LogP) is 2.95. The third-order valence-electron chi connectivity index (χ3n) is 5.28. The highest BCUT2D eigenvalue weighted by molar-refractivity contribution is 5.85. The van der Waals surface area contributed by atoms with Crippen molar-refractivity contribution in [3.05, 3.63) is 35.9 Å². The van der Waals surface area contributed by atoms with Gasteiger partial charge in [-0.05, 0) is 38.3 Å². The van der Waals surface area contributed by atoms with Crippen LogP contribution in [0, 0.1) is 5.92 Å². The topological polar surface area (TPSA) is 35.6 Å². The van der Waals surface area contributed by atoms with Crippen molar-refractivity contribution in [1.29, 1.82) is 0 Å². The number of nitrogens with one attached hydrogen (secondary N) is 1. The second-order valence-corrected chi connectivity index (χ2v) is 6.96. The summed E-state index contributed by atoms with van der Waals surface area (Å²) < 4.78 is 0. The first-order chi connectivity index (χ1) is 11.2. The monoisotopic (exact) mass is 387 g/mol. The van der Waals surface area contributed by atoms with Gasteiger partial charge in [0.25, 0.3) is 0 Å². The quantitative estimate of drug-likeness (QED) is 0.865. The van der Waals surface area contributed by atoms with Crippen LogP contribution in [0.2, 0.25) is 0 Å². The highest BCUT2D eigenvalue weighted by atomic mass is 35.5. The highest BCUT2D eigenvalue weighted by Gasteiger charge is 2.29. The van der Waals surface area contributed by atoms with E-state index in [2.05, 4.69) is 52.4 Å². The molecule has 2 saturated heterocycles. The maximum Gasteiger partial charge on any atom is 0.227 e. The third-order valence-corrected chi connectivity index (χ3v) is 5.28. The second kappa shape index (κ2) is 11.0. The summed E-state index contributed by atoms with van der Waals surface area (Å²) in [5, 5.41) is 3.36. The third kappa shape index (κ3) is 6.14. The van der Waals surface area contributed by atoms with Crippen LogP contribution >= 0.6 is 24.8 Å². The Morgan fingerprint density at radius 3 is 2.56 bits per heavy atom. The Balaban J connectivity index is 0.00000156. The van der Waals surface area contributed by atoms with Gasteiger partial charge in [-0.25, -0.2) is 0 Å². The molecule has 142 valence electrons. The van der Waals surface area contributed by atoms with Gasteiger partial charge in [-0.1, -0.05) is 30.3 Å². The minimum atomic E-state index is 0. The highest BCUT2D eigenvalue weighted by Crippen LogP contribution is 2.18. The maximum atomic E-state index is 12.7. The van der Waals surface area contributed by atoms with Crippen molar-refractivity contribution in [1.82, 2.24) is 15.1 Å². The number of halogens is 2. The molecule has 2 heterocycles. The lowest BCUT2D eigenvalue weighted by Crippen LogP contribution is -2.44. The number of benzene rings is 1. The minimum Gasteiger partial charge on any atom is -0.341 e. The molecule has 3 rings (SSSR count). The fourth-order valence-electron chi connectivity index (χ4n) is 3.70. The van der Waals surface area contributed by atoms with E-state index in [1.165, 1.54) is 5.56 Å². The van der Waals surface area contributed by atoms with Gasteiger partial charge in [0.2, 0.25) is 5.91 Å². The van der Waals surface area contributed by atoms with Gasteiger partial charge in [0.15, 0.2) is 0 Å². The molecule has 2 atom stereocenters. The van der Waals surface area contributed by atoms with Crippen LogP contribution in [0.1, 0.15) is 31.7 Å². The summed E-state index contributed by atoms with van der Waals surface area (Å²) in [7, 11) is 0. The summed E-state index contributed by atoms with van der Waals surface area (Å²) in [6.45, 7) is 7.94. The minimum absolute atomic E-state index is 0. The molecule has 1 aromatic carbocycles. The fourth-order valence-corrected chi connectivity index (χ4v) is 3.70. The van der Waals surface area contributed by atoms with Gasteiger partial charge in [0.1, 0.15) is 0 Å². The molecule has 0 aliphatic carbocycles. The first-order valence-corrected chi connectivity index (χ1v) is 9.01. The number of nitrogens with zero attached hydrogens (tertiary/aromatic N) is 2. The first-order valence-electron chi connectivity index (χ1n) is 9.01. The van der Waals surface area contributed by atoms with E-state index in [0.717, 1.165) is 58.5 Å². The number of piperidine rings is 1. The predicted molar refractivity (Wildman–Crippen MR) is 108 cm³/mol. The van der Waals surface area contributed by atoms with Gasteiger partial charge in [-0.3, -0.25) is 9.69 Å². The van der Waals surface area contributed by atoms with Gasteiger partial charge in [0, 0.05) is 38.8 Å². The number of carbonyl (C=O) groups is 1. The number of rotatable bonds is 3. The molecular weight excluding hydrogens is 357 g/mol. The van der Waals surface area contributed by atoms with Crippen molar-refractivity contribution in [2.24, 2.45) is 5.92 Å². The van der Waals surface area contributed by atoms with Crippen LogP contribution in [0.15, 0.2) is 30.3 Å². The van der Waals surface area contributed by atoms with Crippen LogP contribution < -0.4 is 5.32 Å². The van der Waals surface area contributed by atoms with Gasteiger partial charge >= 0.3 is 0 Å². The van der Waals surface area contributed by atoms with Gasteiger partial charge in [-0.2, -0.15) is 0 Å². The Kier molecular flexibility index (Phi) is 9.80. The largest absolute Gasteiger partial charge is 0.341 e. The Bertz CT molecular complexity index is 509. The smallest absolute Gasteiger partial charge is 0.227 e. The zero-order valence-electron chi connectivity index (χ0n) is 15.0. The molecule has 2 fully saturated rings. The molecule has 2 aliphatic rings. The van der Waals surface area contributed by atoms with E-state index in [1.807, 2.05) is 0 Å². The molecular formula is C19H31Cl2N3O. The van der Waals surface area contributed by atoms with Crippen molar-refractivity contribution in [3.63, 3.8) is 0 Å². The van der Waals surface area contributed by atoms with Crippen molar-refractivity contribution >= 4 is 30.7 Å². The van der Waals surface area contributed by atoms with Crippen LogP contribution in [0.25, 0.3) is 0 Å². The average molecular weight is 388 g/mol. The van der Waals surface area contributed by atoms with Crippen LogP contribution in [0.5, 0.6) is 0 Å². The summed E-state index contributed by atoms with van der Waals surface area (Å²) in [4.78, 5) is 17.4. The molecule has 2 aliphatic heterocycles. The zero-order valence-corrected chi connectivity index (χ0v) is 16.7. The Morgan fingerprint density at radius 2 is 1.88 bits per heavy atom. The molecule has 6 heteroatoms. The Hall–Kier alpha value is -0.810. The van der Waals surface area contributed by atoms with E-state index in [9.17, 15) is 4.79 Å². The molecule has 0 radical (unpaired) electrons. The molecule has 25 heavy (non-hydrogen) atoms. The van der Waals surface area contributed by atoms with Crippen molar-refractivity contribution in [3.8, 4) is 0 Å². The molecule has 0 spiro atoms. The SMILES string of the molecule is CC1CCN(C(=O)C2CCCNC2)CCN1Cc1ccccc1.Cl.Cl. The van der Waals surface area contributed by atoms with E-state index < -0.39 is 0 Å². The molecule has 4 nitrogen and oxygen atoms in total. The lowest BCUT2D eigenvalue weighted by atomic mass is 9.98. The summed E-state index contributed by atoms with van der Waals surface area (Å²) in [5.41, 5.74) is 1.36. The fraction of sp³-hybridized carbons (Fsp3) is 0.632. The van der Waals surface area contributed by atoms with Gasteiger partial charge < -0.3 is 10.2 Å². The number of carbonyl (C=O) groups excluding carboxylic acids is 1. The Morgan fingerprint density at radius 1 is 1.12 bits per heavy atom.